The van der Waals surface area contributed by atoms with Crippen molar-refractivity contribution < 1.29 is 14.3 Å². The van der Waals surface area contributed by atoms with Crippen LogP contribution in [0.4, 0.5) is 0 Å². The second-order valence-corrected chi connectivity index (χ2v) is 6.78. The third kappa shape index (κ3) is 2.17. The van der Waals surface area contributed by atoms with E-state index < -0.39 is 5.41 Å². The SMILES string of the molecule is CNC(=O)[C@]12CCOC[C@H]1CN(C(=O)c1cn3c(n1)CCC3)C2. The van der Waals surface area contributed by atoms with Crippen LogP contribution in [0.25, 0.3) is 0 Å². The molecule has 124 valence electrons. The number of likely N-dealkylation sites (tertiary alicyclic amines) is 1. The van der Waals surface area contributed by atoms with Gasteiger partial charge in [-0.3, -0.25) is 9.59 Å². The molecule has 1 N–H and O–H groups in total. The zero-order chi connectivity index (χ0) is 16.0. The van der Waals surface area contributed by atoms with Gasteiger partial charge in [-0.2, -0.15) is 0 Å². The number of amides is 2. The second kappa shape index (κ2) is 5.33. The van der Waals surface area contributed by atoms with E-state index in [1.807, 2.05) is 6.20 Å². The van der Waals surface area contributed by atoms with E-state index in [1.165, 1.54) is 0 Å². The highest BCUT2D eigenvalue weighted by Crippen LogP contribution is 2.42. The molecule has 3 aliphatic heterocycles. The lowest BCUT2D eigenvalue weighted by molar-refractivity contribution is -0.138. The molecule has 1 aromatic rings. The Balaban J connectivity index is 1.58. The van der Waals surface area contributed by atoms with Crippen LogP contribution >= 0.6 is 0 Å². The van der Waals surface area contributed by atoms with Gasteiger partial charge in [0.25, 0.3) is 5.91 Å². The minimum absolute atomic E-state index is 0.0217. The van der Waals surface area contributed by atoms with E-state index in [4.69, 9.17) is 4.74 Å². The lowest BCUT2D eigenvalue weighted by Crippen LogP contribution is -2.49. The Kier molecular flexibility index (Phi) is 3.41. The lowest BCUT2D eigenvalue weighted by Gasteiger charge is -2.36. The molecule has 2 atom stereocenters. The third-order valence-electron chi connectivity index (χ3n) is 5.55. The van der Waals surface area contributed by atoms with Gasteiger partial charge in [0.2, 0.25) is 5.91 Å². The molecular weight excluding hydrogens is 296 g/mol. The summed E-state index contributed by atoms with van der Waals surface area (Å²) in [6, 6.07) is 0. The van der Waals surface area contributed by atoms with Crippen molar-refractivity contribution in [3.05, 3.63) is 17.7 Å². The van der Waals surface area contributed by atoms with Crippen molar-refractivity contribution in [3.8, 4) is 0 Å². The fourth-order valence-electron chi connectivity index (χ4n) is 4.24. The van der Waals surface area contributed by atoms with Gasteiger partial charge in [-0.05, 0) is 12.8 Å². The molecule has 0 aromatic carbocycles. The molecule has 2 saturated heterocycles. The van der Waals surface area contributed by atoms with Crippen LogP contribution in [-0.4, -0.2) is 59.6 Å². The van der Waals surface area contributed by atoms with Crippen molar-refractivity contribution in [2.45, 2.75) is 25.8 Å². The number of nitrogens with zero attached hydrogens (tertiary/aromatic N) is 3. The molecule has 1 aromatic heterocycles. The number of ether oxygens (including phenoxy) is 1. The van der Waals surface area contributed by atoms with Gasteiger partial charge in [0.05, 0.1) is 12.0 Å². The first kappa shape index (κ1) is 14.7. The maximum Gasteiger partial charge on any atom is 0.274 e. The highest BCUT2D eigenvalue weighted by molar-refractivity contribution is 5.94. The van der Waals surface area contributed by atoms with Crippen LogP contribution in [0.5, 0.6) is 0 Å². The van der Waals surface area contributed by atoms with Gasteiger partial charge in [-0.15, -0.1) is 0 Å². The first-order valence-corrected chi connectivity index (χ1v) is 8.29. The molecular formula is C16H22N4O3. The van der Waals surface area contributed by atoms with E-state index in [-0.39, 0.29) is 17.7 Å². The minimum Gasteiger partial charge on any atom is -0.381 e. The fraction of sp³-hybridized carbons (Fsp3) is 0.688. The number of carbonyl (C=O) groups excluding carboxylic acids is 2. The normalized spacial score (nSPS) is 29.3. The van der Waals surface area contributed by atoms with E-state index in [1.54, 1.807) is 11.9 Å². The molecule has 4 heterocycles. The average molecular weight is 318 g/mol. The second-order valence-electron chi connectivity index (χ2n) is 6.78. The molecule has 0 radical (unpaired) electrons. The van der Waals surface area contributed by atoms with Gasteiger partial charge in [-0.25, -0.2) is 4.98 Å². The molecule has 2 amide bonds. The molecule has 4 rings (SSSR count). The summed E-state index contributed by atoms with van der Waals surface area (Å²) < 4.78 is 7.61. The summed E-state index contributed by atoms with van der Waals surface area (Å²) in [5.74, 6) is 1.02. The van der Waals surface area contributed by atoms with E-state index >= 15 is 0 Å². The van der Waals surface area contributed by atoms with Gasteiger partial charge < -0.3 is 19.5 Å². The van der Waals surface area contributed by atoms with Crippen LogP contribution in [0.1, 0.15) is 29.2 Å². The number of hydrogen-bond donors (Lipinski definition) is 1. The van der Waals surface area contributed by atoms with Crippen LogP contribution in [-0.2, 0) is 22.5 Å². The van der Waals surface area contributed by atoms with Gasteiger partial charge in [0.15, 0.2) is 0 Å². The van der Waals surface area contributed by atoms with Gasteiger partial charge in [0, 0.05) is 51.8 Å². The largest absolute Gasteiger partial charge is 0.381 e. The molecule has 0 spiro atoms. The van der Waals surface area contributed by atoms with Crippen molar-refractivity contribution in [2.75, 3.05) is 33.4 Å². The number of carbonyl (C=O) groups is 2. The average Bonchev–Trinajstić information content (AvgIpc) is 3.25. The third-order valence-corrected chi connectivity index (χ3v) is 5.55. The van der Waals surface area contributed by atoms with Crippen LogP contribution < -0.4 is 5.32 Å². The molecule has 2 fully saturated rings. The zero-order valence-electron chi connectivity index (χ0n) is 13.4. The number of fused-ring (bicyclic) bond motifs is 2. The lowest BCUT2D eigenvalue weighted by atomic mass is 9.73. The van der Waals surface area contributed by atoms with Gasteiger partial charge in [0.1, 0.15) is 11.5 Å². The summed E-state index contributed by atoms with van der Waals surface area (Å²) in [5.41, 5.74) is -0.00295. The Labute approximate surface area is 135 Å². The Bertz CT molecular complexity index is 634. The summed E-state index contributed by atoms with van der Waals surface area (Å²) in [5, 5.41) is 2.78. The summed E-state index contributed by atoms with van der Waals surface area (Å²) in [6.45, 7) is 3.08. The van der Waals surface area contributed by atoms with Crippen molar-refractivity contribution in [1.82, 2.24) is 19.8 Å². The monoisotopic (exact) mass is 318 g/mol. The topological polar surface area (TPSA) is 76.5 Å². The van der Waals surface area contributed by atoms with Crippen LogP contribution in [0, 0.1) is 11.3 Å². The number of rotatable bonds is 2. The summed E-state index contributed by atoms with van der Waals surface area (Å²) in [6.07, 6.45) is 4.56. The molecule has 23 heavy (non-hydrogen) atoms. The smallest absolute Gasteiger partial charge is 0.274 e. The standard InChI is InChI=1S/C16H22N4O3/c1-17-15(22)16-4-6-23-9-11(16)7-20(10-16)14(21)12-8-19-5-2-3-13(19)18-12/h8,11H,2-7,9-10H2,1H3,(H,17,22)/t11-,16+/m1/s1. The van der Waals surface area contributed by atoms with Crippen molar-refractivity contribution >= 4 is 11.8 Å². The predicted octanol–water partition coefficient (Wildman–Crippen LogP) is 0.0540. The minimum atomic E-state index is -0.509. The maximum absolute atomic E-state index is 12.8. The highest BCUT2D eigenvalue weighted by Gasteiger charge is 2.54. The van der Waals surface area contributed by atoms with Gasteiger partial charge >= 0.3 is 0 Å². The zero-order valence-corrected chi connectivity index (χ0v) is 13.4. The van der Waals surface area contributed by atoms with E-state index in [2.05, 4.69) is 14.9 Å². The maximum atomic E-state index is 12.8. The molecule has 3 aliphatic rings. The van der Waals surface area contributed by atoms with Crippen LogP contribution in [0.15, 0.2) is 6.20 Å². The first-order valence-electron chi connectivity index (χ1n) is 8.29. The van der Waals surface area contributed by atoms with Crippen molar-refractivity contribution in [3.63, 3.8) is 0 Å². The highest BCUT2D eigenvalue weighted by atomic mass is 16.5. The Morgan fingerprint density at radius 2 is 2.35 bits per heavy atom. The molecule has 0 saturated carbocycles. The van der Waals surface area contributed by atoms with Gasteiger partial charge in [-0.1, -0.05) is 0 Å². The van der Waals surface area contributed by atoms with Crippen molar-refractivity contribution in [2.24, 2.45) is 11.3 Å². The predicted molar refractivity (Wildman–Crippen MR) is 81.9 cm³/mol. The van der Waals surface area contributed by atoms with Crippen LogP contribution in [0.2, 0.25) is 0 Å². The molecule has 0 aliphatic carbocycles. The van der Waals surface area contributed by atoms with E-state index in [0.29, 0.717) is 38.4 Å². The van der Waals surface area contributed by atoms with E-state index in [0.717, 1.165) is 25.2 Å². The number of aryl methyl sites for hydroxylation is 2. The first-order chi connectivity index (χ1) is 11.1. The number of imidazole rings is 1. The quantitative estimate of drug-likeness (QED) is 0.836. The molecule has 0 bridgehead atoms. The number of aromatic nitrogens is 2. The molecule has 0 unspecified atom stereocenters. The summed E-state index contributed by atoms with van der Waals surface area (Å²) in [7, 11) is 1.66. The van der Waals surface area contributed by atoms with Crippen molar-refractivity contribution in [1.29, 1.82) is 0 Å². The van der Waals surface area contributed by atoms with E-state index in [9.17, 15) is 9.59 Å². The summed E-state index contributed by atoms with van der Waals surface area (Å²) in [4.78, 5) is 31.6. The number of nitrogens with one attached hydrogen (secondary N) is 1. The number of hydrogen-bond acceptors (Lipinski definition) is 4. The molecule has 7 nitrogen and oxygen atoms in total. The summed E-state index contributed by atoms with van der Waals surface area (Å²) >= 11 is 0. The molecule has 7 heteroatoms. The Morgan fingerprint density at radius 1 is 1.48 bits per heavy atom. The Morgan fingerprint density at radius 3 is 3.13 bits per heavy atom. The Hall–Kier alpha value is -1.89. The van der Waals surface area contributed by atoms with Crippen LogP contribution in [0.3, 0.4) is 0 Å². The fourth-order valence-corrected chi connectivity index (χ4v) is 4.24.